The summed E-state index contributed by atoms with van der Waals surface area (Å²) in [5.41, 5.74) is 2.74. The Morgan fingerprint density at radius 3 is 2.79 bits per heavy atom. The second kappa shape index (κ2) is 5.21. The van der Waals surface area contributed by atoms with Gasteiger partial charge in [0.1, 0.15) is 12.2 Å². The molecule has 0 bridgehead atoms. The number of hydrogen-bond acceptors (Lipinski definition) is 4. The number of hydrogen-bond donors (Lipinski definition) is 2. The summed E-state index contributed by atoms with van der Waals surface area (Å²) in [4.78, 5) is 16.1. The lowest BCUT2D eigenvalue weighted by Crippen LogP contribution is -2.30. The van der Waals surface area contributed by atoms with E-state index in [9.17, 15) is 4.79 Å². The van der Waals surface area contributed by atoms with Gasteiger partial charge in [0, 0.05) is 18.3 Å². The van der Waals surface area contributed by atoms with Crippen molar-refractivity contribution in [3.8, 4) is 0 Å². The maximum Gasteiger partial charge on any atom is 0.225 e. The zero-order valence-corrected chi connectivity index (χ0v) is 11.6. The number of carbonyl (C=O) groups excluding carboxylic acids is 1. The molecular weight excluding hydrogens is 244 g/mol. The molecule has 2 N–H and O–H groups in total. The molecule has 0 aliphatic rings. The van der Waals surface area contributed by atoms with Crippen LogP contribution in [-0.4, -0.2) is 30.9 Å². The van der Waals surface area contributed by atoms with E-state index in [2.05, 4.69) is 25.6 Å². The highest BCUT2D eigenvalue weighted by atomic mass is 16.1. The third kappa shape index (κ3) is 2.81. The first-order chi connectivity index (χ1) is 8.99. The van der Waals surface area contributed by atoms with Crippen molar-refractivity contribution in [2.45, 2.75) is 33.2 Å². The standard InChI is InChI=1S/C12H18N6O/c1-7-10(8(2)17-16-7)5-11(19)15-9(3)12-13-6-14-18(12)4/h6,9H,5H2,1-4H3,(H,15,19)(H,16,17)/t9-/m0/s1. The number of nitrogens with zero attached hydrogens (tertiary/aromatic N) is 4. The molecular formula is C12H18N6O. The van der Waals surface area contributed by atoms with E-state index >= 15 is 0 Å². The highest BCUT2D eigenvalue weighted by molar-refractivity contribution is 5.79. The molecule has 0 unspecified atom stereocenters. The lowest BCUT2D eigenvalue weighted by Gasteiger charge is -2.13. The predicted molar refractivity (Wildman–Crippen MR) is 69.3 cm³/mol. The molecule has 2 aromatic rings. The van der Waals surface area contributed by atoms with E-state index in [4.69, 9.17) is 0 Å². The molecule has 0 fully saturated rings. The fourth-order valence-corrected chi connectivity index (χ4v) is 2.05. The maximum absolute atomic E-state index is 12.0. The molecule has 2 heterocycles. The number of carbonyl (C=O) groups is 1. The number of aromatic nitrogens is 5. The van der Waals surface area contributed by atoms with Gasteiger partial charge < -0.3 is 5.32 Å². The Labute approximate surface area is 111 Å². The normalized spacial score (nSPS) is 12.4. The van der Waals surface area contributed by atoms with Gasteiger partial charge in [0.05, 0.1) is 18.2 Å². The van der Waals surface area contributed by atoms with Crippen LogP contribution >= 0.6 is 0 Å². The fourth-order valence-electron chi connectivity index (χ4n) is 2.05. The second-order valence-electron chi connectivity index (χ2n) is 4.62. The van der Waals surface area contributed by atoms with Crippen LogP contribution in [0.4, 0.5) is 0 Å². The lowest BCUT2D eigenvalue weighted by molar-refractivity contribution is -0.121. The van der Waals surface area contributed by atoms with Crippen molar-refractivity contribution in [1.82, 2.24) is 30.3 Å². The largest absolute Gasteiger partial charge is 0.346 e. The minimum absolute atomic E-state index is 0.0527. The van der Waals surface area contributed by atoms with Crippen LogP contribution in [0.5, 0.6) is 0 Å². The van der Waals surface area contributed by atoms with E-state index in [-0.39, 0.29) is 11.9 Å². The molecule has 19 heavy (non-hydrogen) atoms. The minimum Gasteiger partial charge on any atom is -0.346 e. The first-order valence-electron chi connectivity index (χ1n) is 6.12. The molecule has 0 aromatic carbocycles. The van der Waals surface area contributed by atoms with E-state index in [1.165, 1.54) is 6.33 Å². The first-order valence-corrected chi connectivity index (χ1v) is 6.12. The lowest BCUT2D eigenvalue weighted by atomic mass is 10.1. The van der Waals surface area contributed by atoms with Crippen LogP contribution in [0.3, 0.4) is 0 Å². The van der Waals surface area contributed by atoms with E-state index in [1.54, 1.807) is 11.7 Å². The smallest absolute Gasteiger partial charge is 0.225 e. The summed E-state index contributed by atoms with van der Waals surface area (Å²) in [6.45, 7) is 5.68. The minimum atomic E-state index is -0.174. The van der Waals surface area contributed by atoms with Gasteiger partial charge in [-0.2, -0.15) is 10.2 Å². The zero-order chi connectivity index (χ0) is 14.0. The number of amides is 1. The van der Waals surface area contributed by atoms with E-state index in [1.807, 2.05) is 20.8 Å². The van der Waals surface area contributed by atoms with Gasteiger partial charge in [-0.15, -0.1) is 0 Å². The number of rotatable bonds is 4. The zero-order valence-electron chi connectivity index (χ0n) is 11.6. The molecule has 2 aromatic heterocycles. The van der Waals surface area contributed by atoms with Gasteiger partial charge in [-0.05, 0) is 20.8 Å². The average molecular weight is 262 g/mol. The van der Waals surface area contributed by atoms with Gasteiger partial charge in [0.2, 0.25) is 5.91 Å². The molecule has 102 valence electrons. The van der Waals surface area contributed by atoms with Crippen LogP contribution in [-0.2, 0) is 18.3 Å². The average Bonchev–Trinajstić information content (AvgIpc) is 2.90. The van der Waals surface area contributed by atoms with Gasteiger partial charge in [-0.25, -0.2) is 4.98 Å². The first kappa shape index (κ1) is 13.3. The molecule has 0 radical (unpaired) electrons. The fraction of sp³-hybridized carbons (Fsp3) is 0.500. The third-order valence-corrected chi connectivity index (χ3v) is 3.13. The Morgan fingerprint density at radius 2 is 2.26 bits per heavy atom. The summed E-state index contributed by atoms with van der Waals surface area (Å²) >= 11 is 0. The molecule has 0 saturated heterocycles. The van der Waals surface area contributed by atoms with Crippen molar-refractivity contribution in [2.75, 3.05) is 0 Å². The summed E-state index contributed by atoms with van der Waals surface area (Å²) < 4.78 is 1.65. The van der Waals surface area contributed by atoms with Crippen molar-refractivity contribution in [1.29, 1.82) is 0 Å². The monoisotopic (exact) mass is 262 g/mol. The van der Waals surface area contributed by atoms with Crippen molar-refractivity contribution in [3.05, 3.63) is 29.1 Å². The summed E-state index contributed by atoms with van der Waals surface area (Å²) in [5, 5.41) is 13.9. The second-order valence-corrected chi connectivity index (χ2v) is 4.62. The summed E-state index contributed by atoms with van der Waals surface area (Å²) in [6, 6.07) is -0.174. The van der Waals surface area contributed by atoms with Crippen LogP contribution in [0.25, 0.3) is 0 Å². The molecule has 2 rings (SSSR count). The highest BCUT2D eigenvalue weighted by Crippen LogP contribution is 2.12. The van der Waals surface area contributed by atoms with Crippen molar-refractivity contribution in [2.24, 2.45) is 7.05 Å². The Morgan fingerprint density at radius 1 is 1.53 bits per heavy atom. The summed E-state index contributed by atoms with van der Waals surface area (Å²) in [7, 11) is 1.80. The molecule has 7 heteroatoms. The molecule has 1 amide bonds. The van der Waals surface area contributed by atoms with Gasteiger partial charge in [-0.3, -0.25) is 14.6 Å². The van der Waals surface area contributed by atoms with E-state index in [0.717, 1.165) is 22.8 Å². The Bertz CT molecular complexity index is 565. The number of aromatic amines is 1. The van der Waals surface area contributed by atoms with E-state index < -0.39 is 0 Å². The number of nitrogens with one attached hydrogen (secondary N) is 2. The maximum atomic E-state index is 12.0. The Kier molecular flexibility index (Phi) is 3.64. The van der Waals surface area contributed by atoms with Crippen LogP contribution in [0.1, 0.15) is 35.7 Å². The molecule has 7 nitrogen and oxygen atoms in total. The van der Waals surface area contributed by atoms with E-state index in [0.29, 0.717) is 6.42 Å². The summed E-state index contributed by atoms with van der Waals surface area (Å²) in [6.07, 6.45) is 1.79. The number of H-pyrrole nitrogens is 1. The van der Waals surface area contributed by atoms with Crippen LogP contribution in [0.15, 0.2) is 6.33 Å². The van der Waals surface area contributed by atoms with Gasteiger partial charge in [0.25, 0.3) is 0 Å². The van der Waals surface area contributed by atoms with Crippen LogP contribution < -0.4 is 5.32 Å². The van der Waals surface area contributed by atoms with Crippen molar-refractivity contribution >= 4 is 5.91 Å². The van der Waals surface area contributed by atoms with Crippen LogP contribution in [0, 0.1) is 13.8 Å². The Hall–Kier alpha value is -2.18. The summed E-state index contributed by atoms with van der Waals surface area (Å²) in [5.74, 6) is 0.678. The van der Waals surface area contributed by atoms with Gasteiger partial charge >= 0.3 is 0 Å². The SMILES string of the molecule is Cc1n[nH]c(C)c1CC(=O)N[C@@H](C)c1ncnn1C. The van der Waals surface area contributed by atoms with Gasteiger partial charge in [-0.1, -0.05) is 0 Å². The molecule has 0 aliphatic heterocycles. The number of aryl methyl sites for hydroxylation is 3. The molecule has 0 spiro atoms. The molecule has 0 aliphatic carbocycles. The van der Waals surface area contributed by atoms with Crippen molar-refractivity contribution in [3.63, 3.8) is 0 Å². The predicted octanol–water partition coefficient (Wildman–Crippen LogP) is 0.575. The third-order valence-electron chi connectivity index (χ3n) is 3.13. The topological polar surface area (TPSA) is 88.5 Å². The molecule has 1 atom stereocenters. The van der Waals surface area contributed by atoms with Gasteiger partial charge in [0.15, 0.2) is 0 Å². The van der Waals surface area contributed by atoms with Crippen molar-refractivity contribution < 1.29 is 4.79 Å². The van der Waals surface area contributed by atoms with Crippen LogP contribution in [0.2, 0.25) is 0 Å². The molecule has 0 saturated carbocycles. The quantitative estimate of drug-likeness (QED) is 0.843. The highest BCUT2D eigenvalue weighted by Gasteiger charge is 2.16. The Balaban J connectivity index is 2.01.